The summed E-state index contributed by atoms with van der Waals surface area (Å²) < 4.78 is 11.6. The molecule has 1 atom stereocenters. The third-order valence-electron chi connectivity index (χ3n) is 4.32. The van der Waals surface area contributed by atoms with Crippen molar-refractivity contribution < 1.29 is 14.0 Å². The highest BCUT2D eigenvalue weighted by molar-refractivity contribution is 6.74. The Labute approximate surface area is 124 Å². The summed E-state index contributed by atoms with van der Waals surface area (Å²) in [6, 6.07) is 0. The molecule has 0 radical (unpaired) electrons. The summed E-state index contributed by atoms with van der Waals surface area (Å²) in [6.45, 7) is 15.2. The molecular formula is C16H28O3Si. The quantitative estimate of drug-likeness (QED) is 0.330. The molecule has 0 bridgehead atoms. The number of carbonyl (C=O) groups is 1. The van der Waals surface area contributed by atoms with Crippen molar-refractivity contribution in [2.24, 2.45) is 0 Å². The SMILES string of the molecule is C=CC(=O)O[C@H]1CCCC=C1CO[Si](C)(C)C(C)(C)C. The van der Waals surface area contributed by atoms with Crippen LogP contribution in [0.5, 0.6) is 0 Å². The summed E-state index contributed by atoms with van der Waals surface area (Å²) >= 11 is 0. The van der Waals surface area contributed by atoms with Crippen LogP contribution < -0.4 is 0 Å². The molecule has 0 N–H and O–H groups in total. The van der Waals surface area contributed by atoms with Gasteiger partial charge in [-0.15, -0.1) is 0 Å². The van der Waals surface area contributed by atoms with Gasteiger partial charge >= 0.3 is 5.97 Å². The van der Waals surface area contributed by atoms with E-state index in [2.05, 4.69) is 46.5 Å². The van der Waals surface area contributed by atoms with E-state index in [1.54, 1.807) is 0 Å². The van der Waals surface area contributed by atoms with Gasteiger partial charge in [0.1, 0.15) is 6.10 Å². The highest BCUT2D eigenvalue weighted by atomic mass is 28.4. The molecule has 20 heavy (non-hydrogen) atoms. The number of ether oxygens (including phenoxy) is 1. The van der Waals surface area contributed by atoms with Crippen molar-refractivity contribution in [2.75, 3.05) is 6.61 Å². The molecule has 0 aromatic heterocycles. The van der Waals surface area contributed by atoms with Crippen LogP contribution in [0, 0.1) is 0 Å². The third-order valence-corrected chi connectivity index (χ3v) is 8.80. The van der Waals surface area contributed by atoms with Gasteiger partial charge in [-0.25, -0.2) is 4.79 Å². The zero-order valence-electron chi connectivity index (χ0n) is 13.5. The predicted molar refractivity (Wildman–Crippen MR) is 85.2 cm³/mol. The van der Waals surface area contributed by atoms with Crippen molar-refractivity contribution in [2.45, 2.75) is 64.3 Å². The monoisotopic (exact) mass is 296 g/mol. The molecule has 0 amide bonds. The number of rotatable bonds is 5. The predicted octanol–water partition coefficient (Wildman–Crippen LogP) is 4.22. The Hall–Kier alpha value is -0.873. The van der Waals surface area contributed by atoms with E-state index in [-0.39, 0.29) is 17.1 Å². The van der Waals surface area contributed by atoms with Crippen molar-refractivity contribution in [1.29, 1.82) is 0 Å². The van der Waals surface area contributed by atoms with E-state index in [1.807, 2.05) is 0 Å². The fourth-order valence-corrected chi connectivity index (χ4v) is 2.82. The first-order valence-electron chi connectivity index (χ1n) is 7.33. The highest BCUT2D eigenvalue weighted by Crippen LogP contribution is 2.37. The lowest BCUT2D eigenvalue weighted by molar-refractivity contribution is -0.141. The van der Waals surface area contributed by atoms with Gasteiger partial charge in [-0.05, 0) is 43.0 Å². The van der Waals surface area contributed by atoms with Crippen LogP contribution in [0.2, 0.25) is 18.1 Å². The van der Waals surface area contributed by atoms with Crippen LogP contribution in [0.3, 0.4) is 0 Å². The van der Waals surface area contributed by atoms with Gasteiger partial charge in [0.2, 0.25) is 0 Å². The van der Waals surface area contributed by atoms with E-state index in [0.29, 0.717) is 6.61 Å². The summed E-state index contributed by atoms with van der Waals surface area (Å²) in [7, 11) is -1.77. The lowest BCUT2D eigenvalue weighted by atomic mass is 9.97. The minimum atomic E-state index is -1.77. The Morgan fingerprint density at radius 3 is 2.70 bits per heavy atom. The number of carbonyl (C=O) groups excluding carboxylic acids is 1. The number of hydrogen-bond acceptors (Lipinski definition) is 3. The van der Waals surface area contributed by atoms with Gasteiger partial charge in [-0.2, -0.15) is 0 Å². The maximum atomic E-state index is 11.4. The second-order valence-electron chi connectivity index (χ2n) is 6.89. The topological polar surface area (TPSA) is 35.5 Å². The molecule has 0 saturated heterocycles. The lowest BCUT2D eigenvalue weighted by Gasteiger charge is -2.37. The van der Waals surface area contributed by atoms with Gasteiger partial charge in [-0.1, -0.05) is 33.4 Å². The van der Waals surface area contributed by atoms with Crippen molar-refractivity contribution >= 4 is 14.3 Å². The first-order valence-corrected chi connectivity index (χ1v) is 10.2. The Morgan fingerprint density at radius 1 is 1.50 bits per heavy atom. The maximum Gasteiger partial charge on any atom is 0.330 e. The van der Waals surface area contributed by atoms with Crippen molar-refractivity contribution in [1.82, 2.24) is 0 Å². The molecule has 1 aliphatic rings. The van der Waals surface area contributed by atoms with Crippen molar-refractivity contribution in [3.63, 3.8) is 0 Å². The molecule has 1 aliphatic carbocycles. The van der Waals surface area contributed by atoms with Gasteiger partial charge < -0.3 is 9.16 Å². The first kappa shape index (κ1) is 17.2. The summed E-state index contributed by atoms with van der Waals surface area (Å²) in [6.07, 6.45) is 6.22. The second-order valence-corrected chi connectivity index (χ2v) is 11.7. The van der Waals surface area contributed by atoms with Crippen LogP contribution in [0.15, 0.2) is 24.3 Å². The van der Waals surface area contributed by atoms with Crippen LogP contribution in [0.25, 0.3) is 0 Å². The number of esters is 1. The molecule has 0 heterocycles. The molecular weight excluding hydrogens is 268 g/mol. The van der Waals surface area contributed by atoms with Gasteiger partial charge in [0.25, 0.3) is 0 Å². The zero-order valence-corrected chi connectivity index (χ0v) is 14.5. The average molecular weight is 296 g/mol. The molecule has 0 fully saturated rings. The third kappa shape index (κ3) is 4.60. The normalized spacial score (nSPS) is 20.2. The summed E-state index contributed by atoms with van der Waals surface area (Å²) in [5, 5.41) is 0.190. The molecule has 0 unspecified atom stereocenters. The fraction of sp³-hybridized carbons (Fsp3) is 0.688. The van der Waals surface area contributed by atoms with E-state index in [4.69, 9.17) is 9.16 Å². The minimum Gasteiger partial charge on any atom is -0.455 e. The second kappa shape index (κ2) is 6.72. The largest absolute Gasteiger partial charge is 0.455 e. The molecule has 4 heteroatoms. The molecule has 0 saturated carbocycles. The lowest BCUT2D eigenvalue weighted by Crippen LogP contribution is -2.42. The van der Waals surface area contributed by atoms with E-state index in [9.17, 15) is 4.79 Å². The van der Waals surface area contributed by atoms with Gasteiger partial charge in [0.05, 0.1) is 6.61 Å². The van der Waals surface area contributed by atoms with Crippen LogP contribution in [0.1, 0.15) is 40.0 Å². The molecule has 3 nitrogen and oxygen atoms in total. The number of allylic oxidation sites excluding steroid dienone is 1. The summed E-state index contributed by atoms with van der Waals surface area (Å²) in [5.74, 6) is -0.352. The minimum absolute atomic E-state index is 0.140. The van der Waals surface area contributed by atoms with Crippen LogP contribution in [-0.4, -0.2) is 27.0 Å². The number of hydrogen-bond donors (Lipinski definition) is 0. The molecule has 0 aromatic rings. The first-order chi connectivity index (χ1) is 9.17. The molecule has 0 aromatic carbocycles. The smallest absolute Gasteiger partial charge is 0.330 e. The molecule has 0 spiro atoms. The molecule has 1 rings (SSSR count). The van der Waals surface area contributed by atoms with Gasteiger partial charge in [0, 0.05) is 6.08 Å². The van der Waals surface area contributed by atoms with Crippen LogP contribution >= 0.6 is 0 Å². The van der Waals surface area contributed by atoms with Crippen molar-refractivity contribution in [3.8, 4) is 0 Å². The molecule has 114 valence electrons. The van der Waals surface area contributed by atoms with Gasteiger partial charge in [0.15, 0.2) is 8.32 Å². The van der Waals surface area contributed by atoms with E-state index in [0.717, 1.165) is 24.8 Å². The van der Waals surface area contributed by atoms with Crippen molar-refractivity contribution in [3.05, 3.63) is 24.3 Å². The standard InChI is InChI=1S/C16H28O3Si/c1-7-15(17)19-14-11-9-8-10-13(14)12-18-20(5,6)16(2,3)4/h7,10,14H,1,8-9,11-12H2,2-6H3/t14-/m0/s1. The Bertz CT molecular complexity index is 391. The van der Waals surface area contributed by atoms with Gasteiger partial charge in [-0.3, -0.25) is 0 Å². The van der Waals surface area contributed by atoms with E-state index < -0.39 is 8.32 Å². The van der Waals surface area contributed by atoms with Crippen LogP contribution in [-0.2, 0) is 14.0 Å². The Kier molecular flexibility index (Phi) is 5.77. The van der Waals surface area contributed by atoms with E-state index in [1.165, 1.54) is 6.08 Å². The summed E-state index contributed by atoms with van der Waals surface area (Å²) in [5.41, 5.74) is 1.11. The maximum absolute atomic E-state index is 11.4. The molecule has 0 aliphatic heterocycles. The average Bonchev–Trinajstić information content (AvgIpc) is 2.36. The Balaban J connectivity index is 2.66. The highest BCUT2D eigenvalue weighted by Gasteiger charge is 2.37. The van der Waals surface area contributed by atoms with E-state index >= 15 is 0 Å². The Morgan fingerprint density at radius 2 is 2.15 bits per heavy atom. The fourth-order valence-electron chi connectivity index (χ4n) is 1.86. The van der Waals surface area contributed by atoms with Crippen LogP contribution in [0.4, 0.5) is 0 Å². The summed E-state index contributed by atoms with van der Waals surface area (Å²) in [4.78, 5) is 11.4. The zero-order chi connectivity index (χ0) is 15.4.